The van der Waals surface area contributed by atoms with Gasteiger partial charge in [-0.05, 0) is 48.9 Å². The molecule has 1 aliphatic heterocycles. The fourth-order valence-corrected chi connectivity index (χ4v) is 3.39. The van der Waals surface area contributed by atoms with Gasteiger partial charge in [0, 0.05) is 43.1 Å². The van der Waals surface area contributed by atoms with Gasteiger partial charge in [-0.25, -0.2) is 4.39 Å². The summed E-state index contributed by atoms with van der Waals surface area (Å²) < 4.78 is 14.6. The van der Waals surface area contributed by atoms with Crippen molar-refractivity contribution in [2.75, 3.05) is 36.5 Å². The molecule has 1 aliphatic rings. The maximum Gasteiger partial charge on any atom is 0.251 e. The van der Waals surface area contributed by atoms with Crippen molar-refractivity contribution in [1.29, 1.82) is 0 Å². The number of rotatable bonds is 4. The van der Waals surface area contributed by atoms with Crippen molar-refractivity contribution in [3.05, 3.63) is 58.3 Å². The summed E-state index contributed by atoms with van der Waals surface area (Å²) in [5, 5.41) is 2.76. The zero-order valence-corrected chi connectivity index (χ0v) is 16.6. The monoisotopic (exact) mass is 433 g/mol. The molecule has 1 heterocycles. The zero-order valence-electron chi connectivity index (χ0n) is 15.0. The Morgan fingerprint density at radius 1 is 1.11 bits per heavy atom. The van der Waals surface area contributed by atoms with Crippen molar-refractivity contribution in [1.82, 2.24) is 5.32 Å². The Labute approximate surface area is 166 Å². The number of fused-ring (bicyclic) bond motifs is 1. The van der Waals surface area contributed by atoms with E-state index in [1.807, 2.05) is 11.9 Å². The molecule has 27 heavy (non-hydrogen) atoms. The highest BCUT2D eigenvalue weighted by Gasteiger charge is 2.23. The molecule has 0 aromatic heterocycles. The average molecular weight is 434 g/mol. The third-order valence-electron chi connectivity index (χ3n) is 4.55. The van der Waals surface area contributed by atoms with Gasteiger partial charge in [-0.3, -0.25) is 9.59 Å². The molecule has 3 rings (SSSR count). The highest BCUT2D eigenvalue weighted by atomic mass is 79.9. The van der Waals surface area contributed by atoms with E-state index in [2.05, 4.69) is 21.2 Å². The van der Waals surface area contributed by atoms with E-state index in [4.69, 9.17) is 0 Å². The number of benzene rings is 2. The van der Waals surface area contributed by atoms with Crippen LogP contribution in [0.4, 0.5) is 15.8 Å². The predicted octanol–water partition coefficient (Wildman–Crippen LogP) is 3.58. The van der Waals surface area contributed by atoms with Gasteiger partial charge in [-0.1, -0.05) is 15.9 Å². The lowest BCUT2D eigenvalue weighted by Crippen LogP contribution is -2.35. The number of hydrogen-bond acceptors (Lipinski definition) is 3. The number of amides is 2. The van der Waals surface area contributed by atoms with E-state index in [0.717, 1.165) is 23.1 Å². The van der Waals surface area contributed by atoms with Crippen LogP contribution in [0, 0.1) is 5.82 Å². The van der Waals surface area contributed by atoms with E-state index in [9.17, 15) is 14.0 Å². The topological polar surface area (TPSA) is 52.6 Å². The van der Waals surface area contributed by atoms with Gasteiger partial charge in [0.15, 0.2) is 0 Å². The van der Waals surface area contributed by atoms with Gasteiger partial charge in [-0.15, -0.1) is 0 Å². The molecule has 0 fully saturated rings. The van der Waals surface area contributed by atoms with Crippen molar-refractivity contribution in [3.63, 3.8) is 0 Å². The van der Waals surface area contributed by atoms with Gasteiger partial charge in [0.25, 0.3) is 5.91 Å². The molecule has 0 unspecified atom stereocenters. The number of hydrogen-bond donors (Lipinski definition) is 1. The number of halogens is 2. The van der Waals surface area contributed by atoms with E-state index in [1.54, 1.807) is 35.2 Å². The average Bonchev–Trinajstić information content (AvgIpc) is 2.80. The summed E-state index contributed by atoms with van der Waals surface area (Å²) >= 11 is 3.33. The van der Waals surface area contributed by atoms with Gasteiger partial charge in [-0.2, -0.15) is 0 Å². The smallest absolute Gasteiger partial charge is 0.251 e. The molecule has 1 N–H and O–H groups in total. The van der Waals surface area contributed by atoms with E-state index in [-0.39, 0.29) is 30.6 Å². The Bertz CT molecular complexity index is 842. The van der Waals surface area contributed by atoms with Crippen LogP contribution in [-0.2, 0) is 4.79 Å². The first-order valence-corrected chi connectivity index (χ1v) is 9.60. The SMILES string of the molecule is CN1CCCN(C(=O)CCNC(=O)c2ccc(Br)cc2)c2cc(F)ccc21. The van der Waals surface area contributed by atoms with Crippen molar-refractivity contribution in [2.24, 2.45) is 0 Å². The standard InChI is InChI=1S/C20H21BrFN3O2/c1-24-11-2-12-25(18-13-16(22)7-8-17(18)24)19(26)9-10-23-20(27)14-3-5-15(21)6-4-14/h3-8,13H,2,9-12H2,1H3,(H,23,27). The summed E-state index contributed by atoms with van der Waals surface area (Å²) in [7, 11) is 1.93. The van der Waals surface area contributed by atoms with Crippen LogP contribution in [0.3, 0.4) is 0 Å². The molecule has 0 bridgehead atoms. The minimum absolute atomic E-state index is 0.131. The summed E-state index contributed by atoms with van der Waals surface area (Å²) in [5.41, 5.74) is 1.95. The molecule has 5 nitrogen and oxygen atoms in total. The Morgan fingerprint density at radius 2 is 1.85 bits per heavy atom. The number of anilines is 2. The van der Waals surface area contributed by atoms with Crippen LogP contribution in [0.1, 0.15) is 23.2 Å². The van der Waals surface area contributed by atoms with E-state index in [0.29, 0.717) is 17.8 Å². The molecule has 2 amide bonds. The van der Waals surface area contributed by atoms with Crippen LogP contribution in [0.2, 0.25) is 0 Å². The molecule has 0 radical (unpaired) electrons. The van der Waals surface area contributed by atoms with Gasteiger partial charge in [0.05, 0.1) is 11.4 Å². The van der Waals surface area contributed by atoms with Crippen molar-refractivity contribution in [3.8, 4) is 0 Å². The van der Waals surface area contributed by atoms with Gasteiger partial charge in [0.1, 0.15) is 5.82 Å². The molecule has 0 aliphatic carbocycles. The molecule has 142 valence electrons. The van der Waals surface area contributed by atoms with Crippen molar-refractivity contribution >= 4 is 39.1 Å². The summed E-state index contributed by atoms with van der Waals surface area (Å²) in [6, 6.07) is 11.5. The quantitative estimate of drug-likeness (QED) is 0.801. The predicted molar refractivity (Wildman–Crippen MR) is 108 cm³/mol. The van der Waals surface area contributed by atoms with Gasteiger partial charge >= 0.3 is 0 Å². The van der Waals surface area contributed by atoms with E-state index in [1.165, 1.54) is 12.1 Å². The van der Waals surface area contributed by atoms with Gasteiger partial charge < -0.3 is 15.1 Å². The van der Waals surface area contributed by atoms with Crippen LogP contribution >= 0.6 is 15.9 Å². The lowest BCUT2D eigenvalue weighted by atomic mass is 10.2. The number of nitrogens with zero attached hydrogens (tertiary/aromatic N) is 2. The second kappa shape index (κ2) is 8.52. The number of carbonyl (C=O) groups is 2. The second-order valence-corrected chi connectivity index (χ2v) is 7.38. The third-order valence-corrected chi connectivity index (χ3v) is 5.08. The Balaban J connectivity index is 1.64. The van der Waals surface area contributed by atoms with Crippen LogP contribution in [0.5, 0.6) is 0 Å². The Hall–Kier alpha value is -2.41. The summed E-state index contributed by atoms with van der Waals surface area (Å²) in [6.45, 7) is 1.55. The maximum absolute atomic E-state index is 13.7. The fraction of sp³-hybridized carbons (Fsp3) is 0.300. The minimum atomic E-state index is -0.370. The third kappa shape index (κ3) is 4.66. The molecule has 2 aromatic rings. The lowest BCUT2D eigenvalue weighted by Gasteiger charge is -2.24. The fourth-order valence-electron chi connectivity index (χ4n) is 3.12. The maximum atomic E-state index is 13.7. The molecule has 2 aromatic carbocycles. The molecule has 7 heteroatoms. The van der Waals surface area contributed by atoms with Crippen LogP contribution in [0.15, 0.2) is 46.9 Å². The van der Waals surface area contributed by atoms with E-state index >= 15 is 0 Å². The summed E-state index contributed by atoms with van der Waals surface area (Å²) in [4.78, 5) is 28.5. The first-order chi connectivity index (χ1) is 13.0. The number of carbonyl (C=O) groups excluding carboxylic acids is 2. The molecule has 0 saturated heterocycles. The van der Waals surface area contributed by atoms with Crippen LogP contribution in [-0.4, -0.2) is 38.5 Å². The zero-order chi connectivity index (χ0) is 19.4. The summed E-state index contributed by atoms with van der Waals surface area (Å²) in [6.07, 6.45) is 0.950. The lowest BCUT2D eigenvalue weighted by molar-refractivity contribution is -0.118. The molecule has 0 spiro atoms. The highest BCUT2D eigenvalue weighted by molar-refractivity contribution is 9.10. The minimum Gasteiger partial charge on any atom is -0.373 e. The first-order valence-electron chi connectivity index (χ1n) is 8.80. The normalized spacial score (nSPS) is 13.7. The van der Waals surface area contributed by atoms with Crippen LogP contribution < -0.4 is 15.1 Å². The Morgan fingerprint density at radius 3 is 2.59 bits per heavy atom. The molecule has 0 saturated carbocycles. The van der Waals surface area contributed by atoms with E-state index < -0.39 is 0 Å². The largest absolute Gasteiger partial charge is 0.373 e. The second-order valence-electron chi connectivity index (χ2n) is 6.47. The van der Waals surface area contributed by atoms with Gasteiger partial charge in [0.2, 0.25) is 5.91 Å². The molecular weight excluding hydrogens is 413 g/mol. The van der Waals surface area contributed by atoms with Crippen molar-refractivity contribution < 1.29 is 14.0 Å². The van der Waals surface area contributed by atoms with Crippen molar-refractivity contribution in [2.45, 2.75) is 12.8 Å². The first kappa shape index (κ1) is 19.4. The molecular formula is C20H21BrFN3O2. The number of nitrogens with one attached hydrogen (secondary N) is 1. The highest BCUT2D eigenvalue weighted by Crippen LogP contribution is 2.32. The Kier molecular flexibility index (Phi) is 6.11. The molecule has 0 atom stereocenters. The summed E-state index contributed by atoms with van der Waals surface area (Å²) in [5.74, 6) is -0.726. The van der Waals surface area contributed by atoms with Crippen LogP contribution in [0.25, 0.3) is 0 Å².